The summed E-state index contributed by atoms with van der Waals surface area (Å²) in [6, 6.07) is 20.9. The van der Waals surface area contributed by atoms with Gasteiger partial charge in [-0.3, -0.25) is 9.59 Å². The Morgan fingerprint density at radius 2 is 1.70 bits per heavy atom. The molecule has 1 aliphatic rings. The van der Waals surface area contributed by atoms with Crippen LogP contribution in [0.25, 0.3) is 0 Å². The minimum absolute atomic E-state index is 0.0724. The number of furan rings is 1. The minimum atomic E-state index is -0.0786. The van der Waals surface area contributed by atoms with Crippen LogP contribution in [0.4, 0.5) is 5.69 Å². The number of hydrogen-bond acceptors (Lipinski definition) is 4. The summed E-state index contributed by atoms with van der Waals surface area (Å²) >= 11 is 0. The molecule has 0 unspecified atom stereocenters. The highest BCUT2D eigenvalue weighted by Gasteiger charge is 2.24. The van der Waals surface area contributed by atoms with Crippen molar-refractivity contribution >= 4 is 17.5 Å². The highest BCUT2D eigenvalue weighted by Crippen LogP contribution is 2.31. The molecule has 2 aromatic carbocycles. The van der Waals surface area contributed by atoms with E-state index >= 15 is 0 Å². The van der Waals surface area contributed by atoms with Gasteiger partial charge >= 0.3 is 0 Å². The molecule has 0 spiro atoms. The lowest BCUT2D eigenvalue weighted by Gasteiger charge is -2.29. The van der Waals surface area contributed by atoms with Crippen molar-refractivity contribution in [2.75, 3.05) is 18.1 Å². The number of para-hydroxylation sites is 2. The maximum atomic E-state index is 13.0. The molecule has 0 bridgehead atoms. The third-order valence-corrected chi connectivity index (χ3v) is 5.08. The Morgan fingerprint density at radius 1 is 0.900 bits per heavy atom. The average Bonchev–Trinajstić information content (AvgIpc) is 3.30. The Hall–Kier alpha value is -3.54. The fourth-order valence-electron chi connectivity index (χ4n) is 3.56. The predicted molar refractivity (Wildman–Crippen MR) is 113 cm³/mol. The first-order chi connectivity index (χ1) is 14.7. The van der Waals surface area contributed by atoms with Gasteiger partial charge in [-0.15, -0.1) is 0 Å². The van der Waals surface area contributed by atoms with Crippen LogP contribution in [0.1, 0.15) is 24.2 Å². The van der Waals surface area contributed by atoms with Crippen molar-refractivity contribution in [2.24, 2.45) is 0 Å². The molecule has 0 atom stereocenters. The summed E-state index contributed by atoms with van der Waals surface area (Å²) in [6.45, 7) is 1.78. The van der Waals surface area contributed by atoms with Crippen molar-refractivity contribution in [3.63, 3.8) is 0 Å². The van der Waals surface area contributed by atoms with E-state index in [-0.39, 0.29) is 24.7 Å². The third-order valence-electron chi connectivity index (χ3n) is 5.08. The summed E-state index contributed by atoms with van der Waals surface area (Å²) in [7, 11) is 0. The Morgan fingerprint density at radius 3 is 2.50 bits per heavy atom. The van der Waals surface area contributed by atoms with Crippen molar-refractivity contribution in [3.05, 3.63) is 84.3 Å². The summed E-state index contributed by atoms with van der Waals surface area (Å²) in [5.74, 6) is 1.27. The van der Waals surface area contributed by atoms with Gasteiger partial charge in [0.2, 0.25) is 11.8 Å². The second-order valence-corrected chi connectivity index (χ2v) is 7.18. The Balaban J connectivity index is 1.41. The molecule has 0 saturated carbocycles. The largest absolute Gasteiger partial charge is 0.490 e. The van der Waals surface area contributed by atoms with Crippen LogP contribution in [-0.4, -0.2) is 29.9 Å². The summed E-state index contributed by atoms with van der Waals surface area (Å²) in [5.41, 5.74) is 1.80. The van der Waals surface area contributed by atoms with Gasteiger partial charge < -0.3 is 19.0 Å². The van der Waals surface area contributed by atoms with Crippen molar-refractivity contribution < 1.29 is 18.7 Å². The van der Waals surface area contributed by atoms with Crippen molar-refractivity contribution in [1.29, 1.82) is 0 Å². The van der Waals surface area contributed by atoms with Gasteiger partial charge in [0.05, 0.1) is 25.0 Å². The molecule has 1 aliphatic heterocycles. The topological polar surface area (TPSA) is 63.0 Å². The predicted octanol–water partition coefficient (Wildman–Crippen LogP) is 4.01. The molecule has 0 fully saturated rings. The van der Waals surface area contributed by atoms with Crippen LogP contribution in [0.15, 0.2) is 77.4 Å². The number of nitrogens with zero attached hydrogens (tertiary/aromatic N) is 2. The number of carbonyl (C=O) groups excluding carboxylic acids is 2. The maximum absolute atomic E-state index is 13.0. The molecule has 154 valence electrons. The molecule has 30 heavy (non-hydrogen) atoms. The number of amides is 2. The van der Waals surface area contributed by atoms with Crippen LogP contribution in [0.2, 0.25) is 0 Å². The Bertz CT molecular complexity index is 985. The molecule has 0 radical (unpaired) electrons. The zero-order valence-electron chi connectivity index (χ0n) is 16.7. The van der Waals surface area contributed by atoms with Crippen LogP contribution >= 0.6 is 0 Å². The number of ether oxygens (including phenoxy) is 1. The monoisotopic (exact) mass is 404 g/mol. The number of anilines is 1. The quantitative estimate of drug-likeness (QED) is 0.597. The van der Waals surface area contributed by atoms with Crippen LogP contribution < -0.4 is 9.64 Å². The Kier molecular flexibility index (Phi) is 6.13. The van der Waals surface area contributed by atoms with Gasteiger partial charge in [-0.05, 0) is 29.8 Å². The van der Waals surface area contributed by atoms with E-state index in [4.69, 9.17) is 9.15 Å². The Labute approximate surface area is 175 Å². The summed E-state index contributed by atoms with van der Waals surface area (Å²) < 4.78 is 11.0. The second-order valence-electron chi connectivity index (χ2n) is 7.18. The maximum Gasteiger partial charge on any atom is 0.227 e. The molecule has 0 aliphatic carbocycles. The molecule has 0 N–H and O–H groups in total. The van der Waals surface area contributed by atoms with Crippen molar-refractivity contribution in [2.45, 2.75) is 25.9 Å². The smallest absolute Gasteiger partial charge is 0.227 e. The number of hydrogen-bond donors (Lipinski definition) is 0. The van der Waals surface area contributed by atoms with Gasteiger partial charge in [0.25, 0.3) is 0 Å². The number of carbonyl (C=O) groups is 2. The molecule has 2 amide bonds. The molecule has 3 aromatic rings. The molecule has 6 nitrogen and oxygen atoms in total. The molecule has 1 aromatic heterocycles. The zero-order chi connectivity index (χ0) is 20.8. The van der Waals surface area contributed by atoms with E-state index < -0.39 is 0 Å². The standard InChI is InChI=1S/C24H24N2O4/c27-23(12-13-24(28)26-14-16-30-22-11-5-4-10-21(22)26)25(18-20-9-6-15-29-20)17-19-7-2-1-3-8-19/h1-11,15H,12-14,16-18H2. The summed E-state index contributed by atoms with van der Waals surface area (Å²) in [4.78, 5) is 29.3. The van der Waals surface area contributed by atoms with Gasteiger partial charge in [0.1, 0.15) is 18.1 Å². The second kappa shape index (κ2) is 9.31. The number of fused-ring (bicyclic) bond motifs is 1. The van der Waals surface area contributed by atoms with E-state index in [1.165, 1.54) is 0 Å². The zero-order valence-corrected chi connectivity index (χ0v) is 16.7. The molecular formula is C24H24N2O4. The number of benzene rings is 2. The first-order valence-corrected chi connectivity index (χ1v) is 10.1. The van der Waals surface area contributed by atoms with Gasteiger partial charge in [-0.1, -0.05) is 42.5 Å². The summed E-state index contributed by atoms with van der Waals surface area (Å²) in [5, 5.41) is 0. The molecular weight excluding hydrogens is 380 g/mol. The molecule has 6 heteroatoms. The van der Waals surface area contributed by atoms with Crippen LogP contribution in [-0.2, 0) is 22.7 Å². The average molecular weight is 404 g/mol. The van der Waals surface area contributed by atoms with Gasteiger partial charge in [-0.2, -0.15) is 0 Å². The van der Waals surface area contributed by atoms with E-state index in [2.05, 4.69) is 0 Å². The lowest BCUT2D eigenvalue weighted by molar-refractivity contribution is -0.134. The van der Waals surface area contributed by atoms with E-state index in [0.717, 1.165) is 11.3 Å². The van der Waals surface area contributed by atoms with Crippen LogP contribution in [0.3, 0.4) is 0 Å². The van der Waals surface area contributed by atoms with Crippen LogP contribution in [0.5, 0.6) is 5.75 Å². The van der Waals surface area contributed by atoms with Gasteiger partial charge in [-0.25, -0.2) is 0 Å². The molecule has 4 rings (SSSR count). The van der Waals surface area contributed by atoms with E-state index in [1.807, 2.05) is 60.7 Å². The highest BCUT2D eigenvalue weighted by molar-refractivity contribution is 5.97. The first kappa shape index (κ1) is 19.8. The van der Waals surface area contributed by atoms with E-state index in [0.29, 0.717) is 37.8 Å². The molecule has 0 saturated heterocycles. The highest BCUT2D eigenvalue weighted by atomic mass is 16.5. The SMILES string of the molecule is O=C(CCC(=O)N1CCOc2ccccc21)N(Cc1ccccc1)Cc1ccco1. The van der Waals surface area contributed by atoms with Gasteiger partial charge in [0, 0.05) is 19.4 Å². The lowest BCUT2D eigenvalue weighted by Crippen LogP contribution is -2.38. The van der Waals surface area contributed by atoms with Crippen molar-refractivity contribution in [3.8, 4) is 5.75 Å². The number of rotatable bonds is 7. The molecule has 2 heterocycles. The van der Waals surface area contributed by atoms with Crippen molar-refractivity contribution in [1.82, 2.24) is 4.90 Å². The first-order valence-electron chi connectivity index (χ1n) is 10.1. The van der Waals surface area contributed by atoms with E-state index in [1.54, 1.807) is 22.1 Å². The van der Waals surface area contributed by atoms with Crippen LogP contribution in [0, 0.1) is 0 Å². The van der Waals surface area contributed by atoms with E-state index in [9.17, 15) is 9.59 Å². The fraction of sp³-hybridized carbons (Fsp3) is 0.250. The summed E-state index contributed by atoms with van der Waals surface area (Å²) in [6.07, 6.45) is 1.89. The fourth-order valence-corrected chi connectivity index (χ4v) is 3.56. The minimum Gasteiger partial charge on any atom is -0.490 e. The lowest BCUT2D eigenvalue weighted by atomic mass is 10.1. The third kappa shape index (κ3) is 4.71. The van der Waals surface area contributed by atoms with Gasteiger partial charge in [0.15, 0.2) is 0 Å². The normalized spacial score (nSPS) is 12.7.